The highest BCUT2D eigenvalue weighted by atomic mass is 16.2. The predicted octanol–water partition coefficient (Wildman–Crippen LogP) is 0.542. The number of piperidine rings is 1. The van der Waals surface area contributed by atoms with Gasteiger partial charge in [-0.15, -0.1) is 0 Å². The van der Waals surface area contributed by atoms with Crippen LogP contribution in [-0.2, 0) is 4.79 Å². The van der Waals surface area contributed by atoms with Gasteiger partial charge in [-0.3, -0.25) is 15.0 Å². The fraction of sp³-hybridized carbons (Fsp3) is 0.857. The van der Waals surface area contributed by atoms with E-state index in [0.717, 1.165) is 19.6 Å². The average Bonchev–Trinajstić information content (AvgIpc) is 2.39. The Balaban J connectivity index is 2.41. The lowest BCUT2D eigenvalue weighted by Gasteiger charge is -2.32. The van der Waals surface area contributed by atoms with Gasteiger partial charge in [0.2, 0.25) is 5.91 Å². The minimum atomic E-state index is -0.416. The third-order valence-electron chi connectivity index (χ3n) is 3.56. The molecule has 1 aliphatic heterocycles. The van der Waals surface area contributed by atoms with E-state index in [1.807, 2.05) is 6.92 Å². The quantitative estimate of drug-likeness (QED) is 0.666. The first kappa shape index (κ1) is 16.9. The van der Waals surface area contributed by atoms with Crippen LogP contribution in [0.25, 0.3) is 0 Å². The van der Waals surface area contributed by atoms with Crippen molar-refractivity contribution in [3.63, 3.8) is 0 Å². The van der Waals surface area contributed by atoms with Crippen LogP contribution in [0, 0.1) is 5.92 Å². The van der Waals surface area contributed by atoms with E-state index in [9.17, 15) is 9.59 Å². The van der Waals surface area contributed by atoms with E-state index >= 15 is 0 Å². The minimum absolute atomic E-state index is 0.242. The van der Waals surface area contributed by atoms with E-state index in [2.05, 4.69) is 34.7 Å². The number of nitrogens with one attached hydrogen (secondary N) is 3. The Morgan fingerprint density at radius 3 is 2.70 bits per heavy atom. The molecule has 20 heavy (non-hydrogen) atoms. The van der Waals surface area contributed by atoms with Gasteiger partial charge < -0.3 is 10.6 Å². The highest BCUT2D eigenvalue weighted by Crippen LogP contribution is 2.13. The lowest BCUT2D eigenvalue weighted by molar-refractivity contribution is -0.121. The maximum Gasteiger partial charge on any atom is 0.321 e. The van der Waals surface area contributed by atoms with Crippen LogP contribution in [0.5, 0.6) is 0 Å². The van der Waals surface area contributed by atoms with E-state index in [1.165, 1.54) is 12.8 Å². The zero-order valence-electron chi connectivity index (χ0n) is 12.9. The molecule has 3 N–H and O–H groups in total. The van der Waals surface area contributed by atoms with Crippen LogP contribution in [0.4, 0.5) is 4.79 Å². The van der Waals surface area contributed by atoms with E-state index in [-0.39, 0.29) is 18.5 Å². The zero-order valence-corrected chi connectivity index (χ0v) is 12.9. The molecule has 0 bridgehead atoms. The van der Waals surface area contributed by atoms with Crippen LogP contribution >= 0.6 is 0 Å². The number of carbonyl (C=O) groups is 2. The summed E-state index contributed by atoms with van der Waals surface area (Å²) in [6.45, 7) is 9.77. The van der Waals surface area contributed by atoms with Crippen molar-refractivity contribution in [3.8, 4) is 0 Å². The topological polar surface area (TPSA) is 73.5 Å². The Bertz CT molecular complexity index is 314. The summed E-state index contributed by atoms with van der Waals surface area (Å²) in [5, 5.41) is 8.31. The van der Waals surface area contributed by atoms with E-state index in [1.54, 1.807) is 0 Å². The molecule has 0 aromatic rings. The first-order valence-corrected chi connectivity index (χ1v) is 7.55. The fourth-order valence-electron chi connectivity index (χ4n) is 2.42. The highest BCUT2D eigenvalue weighted by Gasteiger charge is 2.21. The molecular weight excluding hydrogens is 256 g/mol. The van der Waals surface area contributed by atoms with Gasteiger partial charge in [0.1, 0.15) is 0 Å². The Kier molecular flexibility index (Phi) is 7.54. The number of rotatable bonds is 6. The number of amides is 3. The van der Waals surface area contributed by atoms with E-state index in [0.29, 0.717) is 12.5 Å². The smallest absolute Gasteiger partial charge is 0.321 e. The maximum atomic E-state index is 11.9. The molecule has 116 valence electrons. The van der Waals surface area contributed by atoms with Crippen molar-refractivity contribution in [3.05, 3.63) is 0 Å². The van der Waals surface area contributed by atoms with Gasteiger partial charge in [-0.05, 0) is 52.6 Å². The Hall–Kier alpha value is -1.14. The number of hydrogen-bond acceptors (Lipinski definition) is 4. The van der Waals surface area contributed by atoms with Crippen LogP contribution in [0.15, 0.2) is 0 Å². The molecule has 1 heterocycles. The normalized spacial score (nSPS) is 19.1. The third kappa shape index (κ3) is 6.34. The lowest BCUT2D eigenvalue weighted by atomic mass is 9.98. The largest absolute Gasteiger partial charge is 0.338 e. The molecule has 0 spiro atoms. The fourth-order valence-corrected chi connectivity index (χ4v) is 2.42. The summed E-state index contributed by atoms with van der Waals surface area (Å²) in [6, 6.07) is -0.127. The molecule has 1 fully saturated rings. The van der Waals surface area contributed by atoms with Crippen molar-refractivity contribution in [2.75, 3.05) is 32.7 Å². The number of nitrogens with zero attached hydrogens (tertiary/aromatic N) is 1. The summed E-state index contributed by atoms with van der Waals surface area (Å²) >= 11 is 0. The Morgan fingerprint density at radius 1 is 1.40 bits per heavy atom. The zero-order chi connectivity index (χ0) is 15.0. The van der Waals surface area contributed by atoms with E-state index < -0.39 is 6.03 Å². The summed E-state index contributed by atoms with van der Waals surface area (Å²) in [4.78, 5) is 25.3. The van der Waals surface area contributed by atoms with Gasteiger partial charge in [0.05, 0.1) is 6.54 Å². The van der Waals surface area contributed by atoms with Crippen LogP contribution in [0.3, 0.4) is 0 Å². The molecule has 1 rings (SSSR count). The second-order valence-corrected chi connectivity index (χ2v) is 5.64. The van der Waals surface area contributed by atoms with Crippen molar-refractivity contribution in [1.82, 2.24) is 20.9 Å². The predicted molar refractivity (Wildman–Crippen MR) is 79.5 cm³/mol. The highest BCUT2D eigenvalue weighted by molar-refractivity contribution is 5.95. The molecule has 0 saturated carbocycles. The summed E-state index contributed by atoms with van der Waals surface area (Å²) < 4.78 is 0. The van der Waals surface area contributed by atoms with Gasteiger partial charge >= 0.3 is 6.03 Å². The first-order valence-electron chi connectivity index (χ1n) is 7.55. The molecule has 6 heteroatoms. The SMILES string of the molecule is CCNC(=O)NC(=O)CN(CC1CCCNC1)C(C)C. The van der Waals surface area contributed by atoms with Crippen LogP contribution < -0.4 is 16.0 Å². The molecule has 1 unspecified atom stereocenters. The van der Waals surface area contributed by atoms with Crippen molar-refractivity contribution >= 4 is 11.9 Å². The summed E-state index contributed by atoms with van der Waals surface area (Å²) in [6.07, 6.45) is 2.40. The molecule has 0 aromatic heterocycles. The standard InChI is InChI=1S/C14H28N4O2/c1-4-16-14(20)17-13(19)10-18(11(2)3)9-12-6-5-7-15-8-12/h11-12,15H,4-10H2,1-3H3,(H2,16,17,19,20). The second kappa shape index (κ2) is 8.92. The molecular formula is C14H28N4O2. The molecule has 0 aliphatic carbocycles. The minimum Gasteiger partial charge on any atom is -0.338 e. The van der Waals surface area contributed by atoms with Crippen LogP contribution in [0.1, 0.15) is 33.6 Å². The van der Waals surface area contributed by atoms with Gasteiger partial charge in [0.15, 0.2) is 0 Å². The molecule has 1 saturated heterocycles. The average molecular weight is 284 g/mol. The number of imide groups is 1. The van der Waals surface area contributed by atoms with Crippen molar-refractivity contribution in [2.24, 2.45) is 5.92 Å². The van der Waals surface area contributed by atoms with E-state index in [4.69, 9.17) is 0 Å². The Morgan fingerprint density at radius 2 is 2.15 bits per heavy atom. The number of hydrogen-bond donors (Lipinski definition) is 3. The molecule has 0 radical (unpaired) electrons. The lowest BCUT2D eigenvalue weighted by Crippen LogP contribution is -2.48. The van der Waals surface area contributed by atoms with Gasteiger partial charge in [0.25, 0.3) is 0 Å². The summed E-state index contributed by atoms with van der Waals surface area (Å²) in [5.41, 5.74) is 0. The summed E-state index contributed by atoms with van der Waals surface area (Å²) in [5.74, 6) is 0.344. The second-order valence-electron chi connectivity index (χ2n) is 5.64. The van der Waals surface area contributed by atoms with Gasteiger partial charge in [0, 0.05) is 19.1 Å². The van der Waals surface area contributed by atoms with Crippen LogP contribution in [0.2, 0.25) is 0 Å². The van der Waals surface area contributed by atoms with Crippen molar-refractivity contribution < 1.29 is 9.59 Å². The first-order chi connectivity index (χ1) is 9.52. The number of carbonyl (C=O) groups excluding carboxylic acids is 2. The van der Waals surface area contributed by atoms with Gasteiger partial charge in [-0.2, -0.15) is 0 Å². The third-order valence-corrected chi connectivity index (χ3v) is 3.56. The Labute approximate surface area is 121 Å². The molecule has 3 amide bonds. The maximum absolute atomic E-state index is 11.9. The van der Waals surface area contributed by atoms with Gasteiger partial charge in [-0.1, -0.05) is 0 Å². The molecule has 0 aromatic carbocycles. The molecule has 1 aliphatic rings. The summed E-state index contributed by atoms with van der Waals surface area (Å²) in [7, 11) is 0. The van der Waals surface area contributed by atoms with Crippen LogP contribution in [-0.4, -0.2) is 55.6 Å². The molecule has 1 atom stereocenters. The molecule has 6 nitrogen and oxygen atoms in total. The van der Waals surface area contributed by atoms with Gasteiger partial charge in [-0.25, -0.2) is 4.79 Å². The van der Waals surface area contributed by atoms with Crippen molar-refractivity contribution in [1.29, 1.82) is 0 Å². The van der Waals surface area contributed by atoms with Crippen molar-refractivity contribution in [2.45, 2.75) is 39.7 Å². The number of urea groups is 1. The monoisotopic (exact) mass is 284 g/mol.